The molecular weight excluding hydrogens is 204 g/mol. The molecule has 1 rings (SSSR count). The van der Waals surface area contributed by atoms with Gasteiger partial charge in [0.15, 0.2) is 5.78 Å². The maximum Gasteiger partial charge on any atom is 0.173 e. The predicted octanol–water partition coefficient (Wildman–Crippen LogP) is 2.69. The number of rotatable bonds is 5. The molecule has 0 atom stereocenters. The lowest BCUT2D eigenvalue weighted by Crippen LogP contribution is -1.96. The van der Waals surface area contributed by atoms with Crippen molar-refractivity contribution >= 4 is 28.9 Å². The van der Waals surface area contributed by atoms with Crippen LogP contribution in [0.3, 0.4) is 0 Å². The van der Waals surface area contributed by atoms with Gasteiger partial charge >= 0.3 is 0 Å². The zero-order chi connectivity index (χ0) is 9.68. The summed E-state index contributed by atoms with van der Waals surface area (Å²) in [5.41, 5.74) is 0. The maximum atomic E-state index is 11.5. The second kappa shape index (κ2) is 5.29. The van der Waals surface area contributed by atoms with Gasteiger partial charge in [-0.15, -0.1) is 11.3 Å². The smallest absolute Gasteiger partial charge is 0.173 e. The quantitative estimate of drug-likeness (QED) is 0.708. The average Bonchev–Trinajstić information content (AvgIpc) is 2.62. The highest BCUT2D eigenvalue weighted by Crippen LogP contribution is 2.22. The van der Waals surface area contributed by atoms with Crippen molar-refractivity contribution in [2.24, 2.45) is 0 Å². The largest absolute Gasteiger partial charge is 0.496 e. The lowest BCUT2D eigenvalue weighted by atomic mass is 10.2. The van der Waals surface area contributed by atoms with Crippen LogP contribution in [0.1, 0.15) is 16.1 Å². The van der Waals surface area contributed by atoms with Crippen LogP contribution in [0.5, 0.6) is 5.75 Å². The standard InChI is InChI=1S/C9H12O2S2/c1-11-7-5-9(13-6-7)8(10)3-4-12-2/h5-6H,3-4H2,1-2H3. The molecule has 1 heterocycles. The molecule has 0 saturated carbocycles. The zero-order valence-electron chi connectivity index (χ0n) is 7.70. The first-order chi connectivity index (χ1) is 6.27. The number of thioether (sulfide) groups is 1. The number of ketones is 1. The van der Waals surface area contributed by atoms with Gasteiger partial charge in [0.1, 0.15) is 5.75 Å². The van der Waals surface area contributed by atoms with Crippen LogP contribution in [0.4, 0.5) is 0 Å². The van der Waals surface area contributed by atoms with Gasteiger partial charge in [0.05, 0.1) is 12.0 Å². The number of carbonyl (C=O) groups is 1. The molecule has 0 radical (unpaired) electrons. The molecule has 0 aliphatic carbocycles. The van der Waals surface area contributed by atoms with Gasteiger partial charge in [-0.1, -0.05) is 0 Å². The molecule has 4 heteroatoms. The zero-order valence-corrected chi connectivity index (χ0v) is 9.33. The predicted molar refractivity (Wildman–Crippen MR) is 58.2 cm³/mol. The van der Waals surface area contributed by atoms with Gasteiger partial charge in [-0.25, -0.2) is 0 Å². The Morgan fingerprint density at radius 1 is 1.69 bits per heavy atom. The Hall–Kier alpha value is -0.480. The van der Waals surface area contributed by atoms with E-state index < -0.39 is 0 Å². The normalized spacial score (nSPS) is 10.0. The first-order valence-electron chi connectivity index (χ1n) is 3.92. The summed E-state index contributed by atoms with van der Waals surface area (Å²) in [4.78, 5) is 12.3. The summed E-state index contributed by atoms with van der Waals surface area (Å²) in [5, 5.41) is 1.85. The summed E-state index contributed by atoms with van der Waals surface area (Å²) >= 11 is 3.14. The molecule has 0 bridgehead atoms. The van der Waals surface area contributed by atoms with Crippen LogP contribution in [0, 0.1) is 0 Å². The van der Waals surface area contributed by atoms with E-state index in [4.69, 9.17) is 4.74 Å². The van der Waals surface area contributed by atoms with E-state index >= 15 is 0 Å². The Bertz CT molecular complexity index is 281. The fourth-order valence-corrected chi connectivity index (χ4v) is 2.10. The third-order valence-corrected chi connectivity index (χ3v) is 3.18. The minimum atomic E-state index is 0.211. The molecule has 0 spiro atoms. The number of thiophene rings is 1. The third kappa shape index (κ3) is 3.04. The molecule has 0 amide bonds. The molecule has 13 heavy (non-hydrogen) atoms. The summed E-state index contributed by atoms with van der Waals surface area (Å²) < 4.78 is 5.00. The Labute approximate surface area is 86.3 Å². The number of methoxy groups -OCH3 is 1. The van der Waals surface area contributed by atoms with Crippen LogP contribution in [-0.4, -0.2) is 24.9 Å². The minimum absolute atomic E-state index is 0.211. The number of hydrogen-bond donors (Lipinski definition) is 0. The molecule has 0 fully saturated rings. The molecule has 0 saturated heterocycles. The lowest BCUT2D eigenvalue weighted by Gasteiger charge is -1.94. The molecule has 72 valence electrons. The lowest BCUT2D eigenvalue weighted by molar-refractivity contribution is 0.0993. The highest BCUT2D eigenvalue weighted by Gasteiger charge is 2.08. The van der Waals surface area contributed by atoms with Gasteiger partial charge in [-0.3, -0.25) is 4.79 Å². The van der Waals surface area contributed by atoms with Crippen molar-refractivity contribution in [1.29, 1.82) is 0 Å². The van der Waals surface area contributed by atoms with Crippen LogP contribution in [-0.2, 0) is 0 Å². The Kier molecular flexibility index (Phi) is 4.32. The average molecular weight is 216 g/mol. The number of carbonyl (C=O) groups excluding carboxylic acids is 1. The van der Waals surface area contributed by atoms with Gasteiger partial charge < -0.3 is 4.74 Å². The van der Waals surface area contributed by atoms with Gasteiger partial charge in [0.2, 0.25) is 0 Å². The molecule has 0 aromatic carbocycles. The number of ether oxygens (including phenoxy) is 1. The summed E-state index contributed by atoms with van der Waals surface area (Å²) in [7, 11) is 1.61. The van der Waals surface area contributed by atoms with Gasteiger partial charge in [0, 0.05) is 23.6 Å². The summed E-state index contributed by atoms with van der Waals surface area (Å²) in [6.45, 7) is 0. The molecular formula is C9H12O2S2. The van der Waals surface area contributed by atoms with Crippen molar-refractivity contribution in [3.63, 3.8) is 0 Å². The molecule has 2 nitrogen and oxygen atoms in total. The molecule has 1 aromatic heterocycles. The number of hydrogen-bond acceptors (Lipinski definition) is 4. The van der Waals surface area contributed by atoms with Crippen LogP contribution in [0.2, 0.25) is 0 Å². The number of Topliss-reactive ketones (excluding diaryl/α,β-unsaturated/α-hetero) is 1. The summed E-state index contributed by atoms with van der Waals surface area (Å²) in [6, 6.07) is 1.80. The molecule has 0 aliphatic rings. The fourth-order valence-electron chi connectivity index (χ4n) is 0.890. The van der Waals surface area contributed by atoms with Crippen molar-refractivity contribution in [3.05, 3.63) is 16.3 Å². The van der Waals surface area contributed by atoms with Crippen LogP contribution in [0.15, 0.2) is 11.4 Å². The van der Waals surface area contributed by atoms with Crippen LogP contribution >= 0.6 is 23.1 Å². The Morgan fingerprint density at radius 3 is 3.00 bits per heavy atom. The topological polar surface area (TPSA) is 26.3 Å². The Balaban J connectivity index is 2.55. The van der Waals surface area contributed by atoms with Crippen molar-refractivity contribution < 1.29 is 9.53 Å². The van der Waals surface area contributed by atoms with Gasteiger partial charge in [-0.05, 0) is 6.26 Å². The molecule has 0 unspecified atom stereocenters. The Morgan fingerprint density at radius 2 is 2.46 bits per heavy atom. The van der Waals surface area contributed by atoms with Crippen molar-refractivity contribution in [2.45, 2.75) is 6.42 Å². The maximum absolute atomic E-state index is 11.5. The highest BCUT2D eigenvalue weighted by atomic mass is 32.2. The third-order valence-electron chi connectivity index (χ3n) is 1.62. The van der Waals surface area contributed by atoms with E-state index in [1.807, 2.05) is 11.6 Å². The van der Waals surface area contributed by atoms with E-state index in [-0.39, 0.29) is 5.78 Å². The molecule has 0 N–H and O–H groups in total. The van der Waals surface area contributed by atoms with E-state index in [0.717, 1.165) is 16.4 Å². The van der Waals surface area contributed by atoms with Crippen molar-refractivity contribution in [1.82, 2.24) is 0 Å². The van der Waals surface area contributed by atoms with Crippen molar-refractivity contribution in [2.75, 3.05) is 19.1 Å². The van der Waals surface area contributed by atoms with Crippen LogP contribution < -0.4 is 4.74 Å². The second-order valence-corrected chi connectivity index (χ2v) is 4.41. The summed E-state index contributed by atoms with van der Waals surface area (Å²) in [6.07, 6.45) is 2.62. The monoisotopic (exact) mass is 216 g/mol. The van der Waals surface area contributed by atoms with E-state index in [9.17, 15) is 4.79 Å². The summed E-state index contributed by atoms with van der Waals surface area (Å²) in [5.74, 6) is 1.87. The van der Waals surface area contributed by atoms with Gasteiger partial charge in [0.25, 0.3) is 0 Å². The highest BCUT2D eigenvalue weighted by molar-refractivity contribution is 7.98. The fraction of sp³-hybridized carbons (Fsp3) is 0.444. The second-order valence-electron chi connectivity index (χ2n) is 2.52. The minimum Gasteiger partial charge on any atom is -0.496 e. The van der Waals surface area contributed by atoms with E-state index in [0.29, 0.717) is 6.42 Å². The van der Waals surface area contributed by atoms with Crippen LogP contribution in [0.25, 0.3) is 0 Å². The van der Waals surface area contributed by atoms with Crippen molar-refractivity contribution in [3.8, 4) is 5.75 Å². The van der Waals surface area contributed by atoms with E-state index in [2.05, 4.69) is 0 Å². The SMILES string of the molecule is COc1csc(C(=O)CCSC)c1. The first-order valence-corrected chi connectivity index (χ1v) is 6.20. The molecule has 1 aromatic rings. The molecule has 0 aliphatic heterocycles. The first kappa shape index (κ1) is 10.6. The van der Waals surface area contributed by atoms with E-state index in [1.165, 1.54) is 11.3 Å². The van der Waals surface area contributed by atoms with Gasteiger partial charge in [-0.2, -0.15) is 11.8 Å². The van der Waals surface area contributed by atoms with E-state index in [1.54, 1.807) is 24.9 Å².